The highest BCUT2D eigenvalue weighted by molar-refractivity contribution is 5.20. The van der Waals surface area contributed by atoms with Crippen LogP contribution in [-0.4, -0.2) is 37.6 Å². The molecule has 0 aliphatic carbocycles. The molecule has 0 N–H and O–H groups in total. The van der Waals surface area contributed by atoms with E-state index in [4.69, 9.17) is 18.9 Å². The molecule has 0 amide bonds. The highest BCUT2D eigenvalue weighted by atomic mass is 16.6. The van der Waals surface area contributed by atoms with Gasteiger partial charge in [0.1, 0.15) is 24.4 Å². The van der Waals surface area contributed by atoms with Crippen LogP contribution in [0.15, 0.2) is 60.7 Å². The average Bonchev–Trinajstić information content (AvgIpc) is 3.37. The molecule has 6 nitrogen and oxygen atoms in total. The molecule has 0 radical (unpaired) electrons. The van der Waals surface area contributed by atoms with Crippen molar-refractivity contribution >= 4 is 0 Å². The quantitative estimate of drug-likeness (QED) is 0.664. The number of nitriles is 2. The number of nitrogens with zero attached hydrogens (tertiary/aromatic N) is 2. The topological polar surface area (TPSA) is 84.5 Å². The minimum absolute atomic E-state index is 0.251. The molecule has 4 unspecified atom stereocenters. The van der Waals surface area contributed by atoms with Gasteiger partial charge in [-0.3, -0.25) is 0 Å². The lowest BCUT2D eigenvalue weighted by Gasteiger charge is -2.23. The Labute approximate surface area is 176 Å². The lowest BCUT2D eigenvalue weighted by Crippen LogP contribution is -2.35. The smallest absolute Gasteiger partial charge is 0.115 e. The number of hydrogen-bond acceptors (Lipinski definition) is 6. The van der Waals surface area contributed by atoms with Gasteiger partial charge in [0, 0.05) is 0 Å². The van der Waals surface area contributed by atoms with E-state index in [9.17, 15) is 10.5 Å². The molecule has 6 heteroatoms. The van der Waals surface area contributed by atoms with Gasteiger partial charge in [0.25, 0.3) is 0 Å². The Bertz CT molecular complexity index is 817. The van der Waals surface area contributed by atoms with Crippen molar-refractivity contribution in [3.8, 4) is 12.1 Å². The summed E-state index contributed by atoms with van der Waals surface area (Å²) in [5, 5.41) is 18.4. The Morgan fingerprint density at radius 1 is 0.733 bits per heavy atom. The van der Waals surface area contributed by atoms with E-state index in [-0.39, 0.29) is 49.5 Å². The molecule has 2 aromatic rings. The van der Waals surface area contributed by atoms with Crippen LogP contribution < -0.4 is 0 Å². The van der Waals surface area contributed by atoms with E-state index >= 15 is 0 Å². The first-order valence-corrected chi connectivity index (χ1v) is 10.2. The number of ether oxygens (including phenoxy) is 4. The summed E-state index contributed by atoms with van der Waals surface area (Å²) in [5.74, 6) is 0. The molecule has 2 fully saturated rings. The molecular formula is C24H24N2O4. The standard InChI is InChI=1S/C24H24N2O4/c25-13-11-19(17-7-3-1-4-8-17)29-21-15-27-24-22(16-28-23(21)24)30-20(12-14-26)18-9-5-2-6-10-18/h1-10,19-24H,11-12,15-16H2/t19?,20?,21-,22+,23?,24?. The highest BCUT2D eigenvalue weighted by Gasteiger charge is 2.50. The fourth-order valence-electron chi connectivity index (χ4n) is 4.07. The van der Waals surface area contributed by atoms with Gasteiger partial charge in [0.2, 0.25) is 0 Å². The monoisotopic (exact) mass is 404 g/mol. The third-order valence-corrected chi connectivity index (χ3v) is 5.54. The number of benzene rings is 2. The molecule has 2 heterocycles. The zero-order chi connectivity index (χ0) is 20.8. The molecule has 154 valence electrons. The number of hydrogen-bond donors (Lipinski definition) is 0. The lowest BCUT2D eigenvalue weighted by atomic mass is 10.0. The second-order valence-electron chi connectivity index (χ2n) is 7.47. The van der Waals surface area contributed by atoms with Gasteiger partial charge in [-0.25, -0.2) is 0 Å². The van der Waals surface area contributed by atoms with Crippen molar-refractivity contribution < 1.29 is 18.9 Å². The van der Waals surface area contributed by atoms with Crippen LogP contribution in [0.1, 0.15) is 36.2 Å². The summed E-state index contributed by atoms with van der Waals surface area (Å²) in [4.78, 5) is 0. The predicted molar refractivity (Wildman–Crippen MR) is 108 cm³/mol. The first-order valence-electron chi connectivity index (χ1n) is 10.2. The van der Waals surface area contributed by atoms with E-state index in [1.54, 1.807) is 0 Å². The molecular weight excluding hydrogens is 380 g/mol. The van der Waals surface area contributed by atoms with Crippen molar-refractivity contribution in [1.29, 1.82) is 10.5 Å². The van der Waals surface area contributed by atoms with Gasteiger partial charge in [0.15, 0.2) is 0 Å². The Kier molecular flexibility index (Phi) is 6.74. The summed E-state index contributed by atoms with van der Waals surface area (Å²) in [7, 11) is 0. The summed E-state index contributed by atoms with van der Waals surface area (Å²) in [6.45, 7) is 0.774. The van der Waals surface area contributed by atoms with Crippen LogP contribution in [0.4, 0.5) is 0 Å². The van der Waals surface area contributed by atoms with Crippen molar-refractivity contribution in [3.63, 3.8) is 0 Å². The van der Waals surface area contributed by atoms with Crippen LogP contribution >= 0.6 is 0 Å². The second-order valence-corrected chi connectivity index (χ2v) is 7.47. The molecule has 0 aromatic heterocycles. The van der Waals surface area contributed by atoms with Gasteiger partial charge in [-0.2, -0.15) is 10.5 Å². The van der Waals surface area contributed by atoms with E-state index < -0.39 is 0 Å². The zero-order valence-electron chi connectivity index (χ0n) is 16.6. The predicted octanol–water partition coefficient (Wildman–Crippen LogP) is 3.86. The first kappa shape index (κ1) is 20.5. The van der Waals surface area contributed by atoms with Crippen molar-refractivity contribution in [2.75, 3.05) is 13.2 Å². The normalized spacial score (nSPS) is 27.0. The zero-order valence-corrected chi connectivity index (χ0v) is 16.6. The van der Waals surface area contributed by atoms with Crippen molar-refractivity contribution in [2.24, 2.45) is 0 Å². The van der Waals surface area contributed by atoms with Crippen LogP contribution in [0, 0.1) is 22.7 Å². The fraction of sp³-hybridized carbons (Fsp3) is 0.417. The van der Waals surface area contributed by atoms with Crippen LogP contribution in [0.2, 0.25) is 0 Å². The van der Waals surface area contributed by atoms with Crippen LogP contribution in [0.25, 0.3) is 0 Å². The summed E-state index contributed by atoms with van der Waals surface area (Å²) in [5.41, 5.74) is 1.93. The van der Waals surface area contributed by atoms with E-state index in [2.05, 4.69) is 12.1 Å². The first-order chi connectivity index (χ1) is 14.8. The molecule has 0 saturated carbocycles. The van der Waals surface area contributed by atoms with Gasteiger partial charge in [-0.05, 0) is 11.1 Å². The number of fused-ring (bicyclic) bond motifs is 1. The minimum Gasteiger partial charge on any atom is -0.370 e. The Morgan fingerprint density at radius 3 is 1.50 bits per heavy atom. The van der Waals surface area contributed by atoms with Crippen molar-refractivity contribution in [1.82, 2.24) is 0 Å². The number of rotatable bonds is 8. The van der Waals surface area contributed by atoms with Gasteiger partial charge in [0.05, 0.1) is 50.4 Å². The molecule has 2 saturated heterocycles. The molecule has 6 atom stereocenters. The maximum absolute atomic E-state index is 9.22. The lowest BCUT2D eigenvalue weighted by molar-refractivity contribution is -0.0868. The van der Waals surface area contributed by atoms with E-state index in [0.29, 0.717) is 13.2 Å². The van der Waals surface area contributed by atoms with Gasteiger partial charge in [-0.15, -0.1) is 0 Å². The maximum Gasteiger partial charge on any atom is 0.115 e. The van der Waals surface area contributed by atoms with Gasteiger partial charge >= 0.3 is 0 Å². The SMILES string of the molecule is N#CCC(O[C@H]1COC2C1OC[C@H]2OC(CC#N)c1ccccc1)c1ccccc1. The van der Waals surface area contributed by atoms with Gasteiger partial charge < -0.3 is 18.9 Å². The van der Waals surface area contributed by atoms with Crippen LogP contribution in [0.3, 0.4) is 0 Å². The molecule has 30 heavy (non-hydrogen) atoms. The van der Waals surface area contributed by atoms with Crippen LogP contribution in [0.5, 0.6) is 0 Å². The molecule has 2 aliphatic heterocycles. The van der Waals surface area contributed by atoms with Crippen molar-refractivity contribution in [2.45, 2.75) is 49.5 Å². The summed E-state index contributed by atoms with van der Waals surface area (Å²) < 4.78 is 24.5. The largest absolute Gasteiger partial charge is 0.370 e. The van der Waals surface area contributed by atoms with E-state index in [0.717, 1.165) is 11.1 Å². The second kappa shape index (κ2) is 9.84. The fourth-order valence-corrected chi connectivity index (χ4v) is 4.07. The van der Waals surface area contributed by atoms with Crippen LogP contribution in [-0.2, 0) is 18.9 Å². The molecule has 0 bridgehead atoms. The summed E-state index contributed by atoms with van der Waals surface area (Å²) >= 11 is 0. The van der Waals surface area contributed by atoms with E-state index in [1.165, 1.54) is 0 Å². The molecule has 0 spiro atoms. The van der Waals surface area contributed by atoms with Crippen molar-refractivity contribution in [3.05, 3.63) is 71.8 Å². The molecule has 2 aliphatic rings. The molecule has 4 rings (SSSR count). The van der Waals surface area contributed by atoms with E-state index in [1.807, 2.05) is 60.7 Å². The Morgan fingerprint density at radius 2 is 1.13 bits per heavy atom. The highest BCUT2D eigenvalue weighted by Crippen LogP contribution is 2.36. The Balaban J connectivity index is 1.41. The Hall–Kier alpha value is -2.74. The maximum atomic E-state index is 9.22. The minimum atomic E-state index is -0.331. The summed E-state index contributed by atoms with van der Waals surface area (Å²) in [6.07, 6.45) is -1.18. The summed E-state index contributed by atoms with van der Waals surface area (Å²) in [6, 6.07) is 23.9. The molecule has 2 aromatic carbocycles. The average molecular weight is 404 g/mol. The third-order valence-electron chi connectivity index (χ3n) is 5.54. The third kappa shape index (κ3) is 4.53. The van der Waals surface area contributed by atoms with Gasteiger partial charge in [-0.1, -0.05) is 60.7 Å².